The van der Waals surface area contributed by atoms with Gasteiger partial charge in [0.2, 0.25) is 5.91 Å². The Labute approximate surface area is 214 Å². The summed E-state index contributed by atoms with van der Waals surface area (Å²) in [4.78, 5) is 27.0. The molecule has 0 saturated carbocycles. The number of hydrogen-bond donors (Lipinski definition) is 2. The number of halogens is 3. The van der Waals surface area contributed by atoms with Gasteiger partial charge in [-0.25, -0.2) is 9.48 Å². The van der Waals surface area contributed by atoms with Gasteiger partial charge in [0.25, 0.3) is 0 Å². The summed E-state index contributed by atoms with van der Waals surface area (Å²) in [5, 5.41) is 11.6. The van der Waals surface area contributed by atoms with E-state index < -0.39 is 6.03 Å². The number of carbonyl (C=O) groups is 2. The van der Waals surface area contributed by atoms with E-state index in [1.165, 1.54) is 4.90 Å². The van der Waals surface area contributed by atoms with Crippen molar-refractivity contribution in [2.24, 2.45) is 0 Å². The number of rotatable bonds is 6. The first-order chi connectivity index (χ1) is 16.0. The van der Waals surface area contributed by atoms with E-state index in [0.29, 0.717) is 38.8 Å². The third-order valence-electron chi connectivity index (χ3n) is 4.97. The van der Waals surface area contributed by atoms with E-state index in [-0.39, 0.29) is 17.9 Å². The minimum absolute atomic E-state index is 0.152. The third kappa shape index (κ3) is 6.44. The number of amides is 3. The van der Waals surface area contributed by atoms with Gasteiger partial charge in [-0.1, -0.05) is 61.6 Å². The van der Waals surface area contributed by atoms with Crippen molar-refractivity contribution in [3.05, 3.63) is 69.3 Å². The molecular weight excluding hydrogens is 497 g/mol. The van der Waals surface area contributed by atoms with Gasteiger partial charge >= 0.3 is 6.03 Å². The molecule has 10 heteroatoms. The molecule has 3 rings (SSSR count). The largest absolute Gasteiger partial charge is 0.322 e. The summed E-state index contributed by atoms with van der Waals surface area (Å²) >= 11 is 18.2. The van der Waals surface area contributed by atoms with Crippen LogP contribution in [0.5, 0.6) is 0 Å². The lowest BCUT2D eigenvalue weighted by molar-refractivity contribution is -0.116. The maximum Gasteiger partial charge on any atom is 0.322 e. The summed E-state index contributed by atoms with van der Waals surface area (Å²) in [6.07, 6.45) is 0. The lowest BCUT2D eigenvalue weighted by Crippen LogP contribution is -2.40. The van der Waals surface area contributed by atoms with Gasteiger partial charge in [-0.15, -0.1) is 0 Å². The predicted octanol–water partition coefficient (Wildman–Crippen LogP) is 6.62. The standard InChI is InChI=1S/C24H26Cl3N5O2/c1-5-31(23(34)28-16-8-6-7-15(25)11-16)14-22(33)29-21-13-20(24(2,3)4)30-32(21)17-9-10-18(26)19(27)12-17/h6-13H,5,14H2,1-4H3,(H,28,34)(H,29,33). The molecule has 0 spiro atoms. The fourth-order valence-electron chi connectivity index (χ4n) is 3.10. The molecule has 0 fully saturated rings. The van der Waals surface area contributed by atoms with Crippen LogP contribution >= 0.6 is 34.8 Å². The second kappa shape index (κ2) is 10.7. The number of urea groups is 1. The van der Waals surface area contributed by atoms with Crippen LogP contribution in [0.15, 0.2) is 48.5 Å². The molecule has 34 heavy (non-hydrogen) atoms. The molecule has 0 bridgehead atoms. The summed E-state index contributed by atoms with van der Waals surface area (Å²) in [7, 11) is 0. The van der Waals surface area contributed by atoms with E-state index in [1.807, 2.05) is 26.8 Å². The first-order valence-corrected chi connectivity index (χ1v) is 11.8. The Bertz CT molecular complexity index is 1200. The SMILES string of the molecule is CCN(CC(=O)Nc1cc(C(C)(C)C)nn1-c1ccc(Cl)c(Cl)c1)C(=O)Nc1cccc(Cl)c1. The molecule has 2 N–H and O–H groups in total. The van der Waals surface area contributed by atoms with Crippen molar-refractivity contribution in [2.75, 3.05) is 23.7 Å². The monoisotopic (exact) mass is 521 g/mol. The molecule has 0 aliphatic rings. The Kier molecular flexibility index (Phi) is 8.13. The van der Waals surface area contributed by atoms with Gasteiger partial charge < -0.3 is 15.5 Å². The molecule has 2 aromatic carbocycles. The van der Waals surface area contributed by atoms with Crippen molar-refractivity contribution >= 4 is 58.2 Å². The smallest absolute Gasteiger partial charge is 0.315 e. The molecular formula is C24H26Cl3N5O2. The van der Waals surface area contributed by atoms with Crippen molar-refractivity contribution in [3.8, 4) is 5.69 Å². The van der Waals surface area contributed by atoms with Crippen molar-refractivity contribution in [2.45, 2.75) is 33.1 Å². The zero-order chi connectivity index (χ0) is 25.0. The second-order valence-electron chi connectivity index (χ2n) is 8.68. The van der Waals surface area contributed by atoms with Crippen molar-refractivity contribution in [1.82, 2.24) is 14.7 Å². The summed E-state index contributed by atoms with van der Waals surface area (Å²) in [5.74, 6) is 0.0874. The highest BCUT2D eigenvalue weighted by molar-refractivity contribution is 6.42. The number of aromatic nitrogens is 2. The van der Waals surface area contributed by atoms with Crippen LogP contribution in [0.3, 0.4) is 0 Å². The highest BCUT2D eigenvalue weighted by Gasteiger charge is 2.23. The molecule has 0 saturated heterocycles. The lowest BCUT2D eigenvalue weighted by Gasteiger charge is -2.21. The van der Waals surface area contributed by atoms with Crippen molar-refractivity contribution < 1.29 is 9.59 Å². The van der Waals surface area contributed by atoms with E-state index >= 15 is 0 Å². The number of anilines is 2. The molecule has 0 radical (unpaired) electrons. The van der Waals surface area contributed by atoms with Crippen LogP contribution in [0.25, 0.3) is 5.69 Å². The molecule has 3 aromatic rings. The molecule has 0 aliphatic carbocycles. The van der Waals surface area contributed by atoms with Crippen LogP contribution in [0.4, 0.5) is 16.3 Å². The van der Waals surface area contributed by atoms with Gasteiger partial charge in [0.15, 0.2) is 0 Å². The van der Waals surface area contributed by atoms with E-state index in [4.69, 9.17) is 34.8 Å². The van der Waals surface area contributed by atoms with E-state index in [0.717, 1.165) is 5.69 Å². The van der Waals surface area contributed by atoms with Crippen LogP contribution < -0.4 is 10.6 Å². The minimum Gasteiger partial charge on any atom is -0.315 e. The lowest BCUT2D eigenvalue weighted by atomic mass is 9.92. The van der Waals surface area contributed by atoms with E-state index in [9.17, 15) is 9.59 Å². The van der Waals surface area contributed by atoms with E-state index in [2.05, 4.69) is 15.7 Å². The average molecular weight is 523 g/mol. The van der Waals surface area contributed by atoms with Gasteiger partial charge in [-0.05, 0) is 43.3 Å². The molecule has 3 amide bonds. The molecule has 1 aromatic heterocycles. The summed E-state index contributed by atoms with van der Waals surface area (Å²) in [6.45, 7) is 8.05. The zero-order valence-corrected chi connectivity index (χ0v) is 21.6. The molecule has 0 unspecified atom stereocenters. The van der Waals surface area contributed by atoms with Gasteiger partial charge in [0.05, 0.1) is 21.4 Å². The summed E-state index contributed by atoms with van der Waals surface area (Å²) in [5.41, 5.74) is 1.71. The minimum atomic E-state index is -0.409. The maximum atomic E-state index is 12.9. The van der Waals surface area contributed by atoms with E-state index in [1.54, 1.807) is 54.1 Å². The number of nitrogens with zero attached hydrogens (tertiary/aromatic N) is 3. The Morgan fingerprint density at radius 3 is 2.35 bits per heavy atom. The van der Waals surface area contributed by atoms with Crippen LogP contribution in [0.2, 0.25) is 15.1 Å². The first-order valence-electron chi connectivity index (χ1n) is 10.6. The maximum absolute atomic E-state index is 12.9. The quantitative estimate of drug-likeness (QED) is 0.382. The predicted molar refractivity (Wildman–Crippen MR) is 139 cm³/mol. The fourth-order valence-corrected chi connectivity index (χ4v) is 3.58. The van der Waals surface area contributed by atoms with Crippen molar-refractivity contribution in [3.63, 3.8) is 0 Å². The van der Waals surface area contributed by atoms with Gasteiger partial charge in [-0.2, -0.15) is 5.10 Å². The number of likely N-dealkylation sites (N-methyl/N-ethyl adjacent to an activating group) is 1. The fraction of sp³-hybridized carbons (Fsp3) is 0.292. The highest BCUT2D eigenvalue weighted by atomic mass is 35.5. The number of nitrogens with one attached hydrogen (secondary N) is 2. The van der Waals surface area contributed by atoms with Gasteiger partial charge in [-0.3, -0.25) is 4.79 Å². The van der Waals surface area contributed by atoms with Crippen LogP contribution in [0.1, 0.15) is 33.4 Å². The topological polar surface area (TPSA) is 79.3 Å². The number of carbonyl (C=O) groups excluding carboxylic acids is 2. The van der Waals surface area contributed by atoms with Gasteiger partial charge in [0.1, 0.15) is 12.4 Å². The summed E-state index contributed by atoms with van der Waals surface area (Å²) < 4.78 is 1.60. The molecule has 1 heterocycles. The molecule has 180 valence electrons. The van der Waals surface area contributed by atoms with Crippen LogP contribution in [-0.4, -0.2) is 39.7 Å². The molecule has 0 aliphatic heterocycles. The highest BCUT2D eigenvalue weighted by Crippen LogP contribution is 2.29. The Balaban J connectivity index is 1.80. The normalized spacial score (nSPS) is 11.3. The summed E-state index contributed by atoms with van der Waals surface area (Å²) in [6, 6.07) is 13.3. The average Bonchev–Trinajstić information content (AvgIpc) is 3.18. The Morgan fingerprint density at radius 2 is 1.74 bits per heavy atom. The molecule has 0 atom stereocenters. The Morgan fingerprint density at radius 1 is 1.00 bits per heavy atom. The number of benzene rings is 2. The zero-order valence-electron chi connectivity index (χ0n) is 19.3. The van der Waals surface area contributed by atoms with Crippen molar-refractivity contribution in [1.29, 1.82) is 0 Å². The van der Waals surface area contributed by atoms with Crippen LogP contribution in [-0.2, 0) is 10.2 Å². The van der Waals surface area contributed by atoms with Gasteiger partial charge in [0, 0.05) is 28.7 Å². The Hall–Kier alpha value is -2.74. The van der Waals surface area contributed by atoms with Crippen LogP contribution in [0, 0.1) is 0 Å². The third-order valence-corrected chi connectivity index (χ3v) is 5.95. The number of hydrogen-bond acceptors (Lipinski definition) is 3. The molecule has 7 nitrogen and oxygen atoms in total. The second-order valence-corrected chi connectivity index (χ2v) is 9.93. The first kappa shape index (κ1) is 25.9.